The molecule has 1 fully saturated rings. The van der Waals surface area contributed by atoms with E-state index in [1.54, 1.807) is 25.4 Å². The molecule has 5 nitrogen and oxygen atoms in total. The maximum absolute atomic E-state index is 13.6. The van der Waals surface area contributed by atoms with Crippen molar-refractivity contribution in [2.45, 2.75) is 44.2 Å². The Balaban J connectivity index is 1.58. The molecule has 7 heteroatoms. The lowest BCUT2D eigenvalue weighted by atomic mass is 10.0. The molecule has 0 bridgehead atoms. The first-order chi connectivity index (χ1) is 12.5. The Hall–Kier alpha value is -2.15. The molecule has 1 aliphatic heterocycles. The number of nitrogens with zero attached hydrogens (tertiary/aromatic N) is 3. The fourth-order valence-corrected chi connectivity index (χ4v) is 3.67. The lowest BCUT2D eigenvalue weighted by Crippen LogP contribution is -2.38. The lowest BCUT2D eigenvalue weighted by molar-refractivity contribution is -0.113. The summed E-state index contributed by atoms with van der Waals surface area (Å²) in [4.78, 5) is 23.0. The fourth-order valence-electron chi connectivity index (χ4n) is 3.01. The second kappa shape index (κ2) is 8.49. The SMILES string of the molecule is Cc1ccc(NC(=O)CSc2cc(N3CCCC[C@H]3C)ncn2)cc1F. The minimum Gasteiger partial charge on any atom is -0.354 e. The number of carbonyl (C=O) groups excluding carboxylic acids is 1. The van der Waals surface area contributed by atoms with E-state index in [2.05, 4.69) is 27.1 Å². The molecule has 2 aromatic rings. The predicted octanol–water partition coefficient (Wildman–Crippen LogP) is 4.03. The maximum Gasteiger partial charge on any atom is 0.234 e. The minimum absolute atomic E-state index is 0.190. The predicted molar refractivity (Wildman–Crippen MR) is 103 cm³/mol. The van der Waals surface area contributed by atoms with Gasteiger partial charge in [-0.15, -0.1) is 0 Å². The molecule has 0 radical (unpaired) electrons. The van der Waals surface area contributed by atoms with Crippen LogP contribution < -0.4 is 10.2 Å². The quantitative estimate of drug-likeness (QED) is 0.632. The average molecular weight is 374 g/mol. The molecule has 0 unspecified atom stereocenters. The van der Waals surface area contributed by atoms with Crippen molar-refractivity contribution in [2.24, 2.45) is 0 Å². The van der Waals surface area contributed by atoms with Crippen LogP contribution in [0, 0.1) is 12.7 Å². The highest BCUT2D eigenvalue weighted by molar-refractivity contribution is 7.99. The Labute approximate surface area is 157 Å². The third-order valence-electron chi connectivity index (χ3n) is 4.53. The van der Waals surface area contributed by atoms with Gasteiger partial charge in [0, 0.05) is 24.3 Å². The summed E-state index contributed by atoms with van der Waals surface area (Å²) in [6.45, 7) is 4.90. The van der Waals surface area contributed by atoms with Gasteiger partial charge in [-0.05, 0) is 50.8 Å². The minimum atomic E-state index is -0.327. The van der Waals surface area contributed by atoms with Crippen molar-refractivity contribution in [1.29, 1.82) is 0 Å². The van der Waals surface area contributed by atoms with Gasteiger partial charge in [-0.2, -0.15) is 0 Å². The summed E-state index contributed by atoms with van der Waals surface area (Å²) < 4.78 is 13.6. The van der Waals surface area contributed by atoms with Gasteiger partial charge in [0.15, 0.2) is 0 Å². The van der Waals surface area contributed by atoms with E-state index in [0.29, 0.717) is 17.3 Å². The number of anilines is 2. The van der Waals surface area contributed by atoms with Gasteiger partial charge in [0.25, 0.3) is 0 Å². The van der Waals surface area contributed by atoms with Gasteiger partial charge in [0.2, 0.25) is 5.91 Å². The molecule has 1 N–H and O–H groups in total. The summed E-state index contributed by atoms with van der Waals surface area (Å²) in [5.74, 6) is 0.605. The van der Waals surface area contributed by atoms with Gasteiger partial charge < -0.3 is 10.2 Å². The Morgan fingerprint density at radius 3 is 2.96 bits per heavy atom. The van der Waals surface area contributed by atoms with E-state index in [9.17, 15) is 9.18 Å². The van der Waals surface area contributed by atoms with Crippen molar-refractivity contribution in [2.75, 3.05) is 22.5 Å². The third kappa shape index (κ3) is 4.72. The van der Waals surface area contributed by atoms with E-state index in [-0.39, 0.29) is 17.5 Å². The largest absolute Gasteiger partial charge is 0.354 e. The summed E-state index contributed by atoms with van der Waals surface area (Å²) in [5, 5.41) is 3.47. The molecule has 0 aliphatic carbocycles. The van der Waals surface area contributed by atoms with Gasteiger partial charge >= 0.3 is 0 Å². The van der Waals surface area contributed by atoms with Crippen LogP contribution in [0.4, 0.5) is 15.9 Å². The van der Waals surface area contributed by atoms with E-state index in [1.807, 2.05) is 6.07 Å². The number of carbonyl (C=O) groups is 1. The zero-order valence-electron chi connectivity index (χ0n) is 15.0. The zero-order valence-corrected chi connectivity index (χ0v) is 15.9. The van der Waals surface area contributed by atoms with E-state index < -0.39 is 0 Å². The van der Waals surface area contributed by atoms with Crippen LogP contribution in [0.2, 0.25) is 0 Å². The molecule has 26 heavy (non-hydrogen) atoms. The number of aryl methyl sites for hydroxylation is 1. The van der Waals surface area contributed by atoms with Crippen molar-refractivity contribution in [1.82, 2.24) is 9.97 Å². The Kier molecular flexibility index (Phi) is 6.08. The van der Waals surface area contributed by atoms with Crippen LogP contribution in [0.15, 0.2) is 35.6 Å². The van der Waals surface area contributed by atoms with E-state index in [0.717, 1.165) is 17.4 Å². The van der Waals surface area contributed by atoms with Crippen molar-refractivity contribution in [3.8, 4) is 0 Å². The number of nitrogens with one attached hydrogen (secondary N) is 1. The standard InChI is InChI=1S/C19H23FN4OS/c1-13-6-7-15(9-16(13)20)23-18(25)11-26-19-10-17(21-12-22-19)24-8-4-3-5-14(24)2/h6-7,9-10,12,14H,3-5,8,11H2,1-2H3,(H,23,25)/t14-/m1/s1. The number of aromatic nitrogens is 2. The van der Waals surface area contributed by atoms with E-state index in [4.69, 9.17) is 0 Å². The van der Waals surface area contributed by atoms with Crippen LogP contribution in [0.5, 0.6) is 0 Å². The van der Waals surface area contributed by atoms with Crippen LogP contribution in [0.3, 0.4) is 0 Å². The highest BCUT2D eigenvalue weighted by atomic mass is 32.2. The summed E-state index contributed by atoms with van der Waals surface area (Å²) >= 11 is 1.35. The number of piperidine rings is 1. The van der Waals surface area contributed by atoms with Crippen LogP contribution in [0.25, 0.3) is 0 Å². The summed E-state index contributed by atoms with van der Waals surface area (Å²) in [6, 6.07) is 7.08. The number of benzene rings is 1. The molecule has 0 spiro atoms. The molecule has 1 aromatic carbocycles. The number of rotatable bonds is 5. The van der Waals surface area contributed by atoms with Crippen LogP contribution in [-0.4, -0.2) is 34.2 Å². The van der Waals surface area contributed by atoms with Crippen molar-refractivity contribution >= 4 is 29.2 Å². The van der Waals surface area contributed by atoms with Gasteiger partial charge in [0.05, 0.1) is 5.75 Å². The van der Waals surface area contributed by atoms with Gasteiger partial charge in [-0.3, -0.25) is 4.79 Å². The first kappa shape index (κ1) is 18.6. The second-order valence-corrected chi connectivity index (χ2v) is 7.55. The Morgan fingerprint density at radius 2 is 2.19 bits per heavy atom. The van der Waals surface area contributed by atoms with Crippen molar-refractivity contribution in [3.05, 3.63) is 42.0 Å². The monoisotopic (exact) mass is 374 g/mol. The first-order valence-corrected chi connectivity index (χ1v) is 9.79. The number of hydrogen-bond donors (Lipinski definition) is 1. The summed E-state index contributed by atoms with van der Waals surface area (Å²) in [7, 11) is 0. The molecular formula is C19H23FN4OS. The smallest absolute Gasteiger partial charge is 0.234 e. The number of thioether (sulfide) groups is 1. The Bertz CT molecular complexity index is 786. The molecule has 0 saturated carbocycles. The lowest BCUT2D eigenvalue weighted by Gasteiger charge is -2.34. The molecular weight excluding hydrogens is 351 g/mol. The van der Waals surface area contributed by atoms with Gasteiger partial charge in [-0.25, -0.2) is 14.4 Å². The average Bonchev–Trinajstić information content (AvgIpc) is 2.64. The van der Waals surface area contributed by atoms with Crippen molar-refractivity contribution in [3.63, 3.8) is 0 Å². The highest BCUT2D eigenvalue weighted by Gasteiger charge is 2.20. The number of amides is 1. The summed E-state index contributed by atoms with van der Waals surface area (Å²) in [6.07, 6.45) is 5.14. The molecule has 1 aromatic heterocycles. The fraction of sp³-hybridized carbons (Fsp3) is 0.421. The maximum atomic E-state index is 13.6. The van der Waals surface area contributed by atoms with Gasteiger partial charge in [-0.1, -0.05) is 17.8 Å². The molecule has 1 amide bonds. The van der Waals surface area contributed by atoms with Crippen LogP contribution in [0.1, 0.15) is 31.7 Å². The van der Waals surface area contributed by atoms with Crippen molar-refractivity contribution < 1.29 is 9.18 Å². The first-order valence-electron chi connectivity index (χ1n) is 8.80. The van der Waals surface area contributed by atoms with Crippen LogP contribution in [-0.2, 0) is 4.79 Å². The van der Waals surface area contributed by atoms with Gasteiger partial charge in [0.1, 0.15) is 23.0 Å². The number of hydrogen-bond acceptors (Lipinski definition) is 5. The Morgan fingerprint density at radius 1 is 1.35 bits per heavy atom. The third-order valence-corrected chi connectivity index (χ3v) is 5.46. The van der Waals surface area contributed by atoms with Crippen LogP contribution >= 0.6 is 11.8 Å². The molecule has 2 heterocycles. The normalized spacial score (nSPS) is 17.2. The molecule has 3 rings (SSSR count). The van der Waals surface area contributed by atoms with E-state index >= 15 is 0 Å². The molecule has 1 saturated heterocycles. The highest BCUT2D eigenvalue weighted by Crippen LogP contribution is 2.25. The molecule has 1 atom stereocenters. The second-order valence-electron chi connectivity index (χ2n) is 6.55. The molecule has 138 valence electrons. The number of halogens is 1. The zero-order chi connectivity index (χ0) is 18.5. The summed E-state index contributed by atoms with van der Waals surface area (Å²) in [5.41, 5.74) is 1.02. The molecule has 1 aliphatic rings. The van der Waals surface area contributed by atoms with E-state index in [1.165, 1.54) is 37.1 Å². The topological polar surface area (TPSA) is 58.1 Å².